The fourth-order valence-electron chi connectivity index (χ4n) is 1.16. The fraction of sp³-hybridized carbons (Fsp3) is 0.500. The Labute approximate surface area is 111 Å². The van der Waals surface area contributed by atoms with E-state index in [4.69, 9.17) is 11.6 Å². The summed E-state index contributed by atoms with van der Waals surface area (Å²) in [5.74, 6) is 2.68. The number of aliphatic hydroxyl groups excluding tert-OH is 1. The van der Waals surface area contributed by atoms with Crippen molar-refractivity contribution in [3.05, 3.63) is 29.3 Å². The maximum absolute atomic E-state index is 9.73. The predicted molar refractivity (Wildman–Crippen MR) is 75.8 cm³/mol. The zero-order valence-corrected chi connectivity index (χ0v) is 11.7. The highest BCUT2D eigenvalue weighted by Gasteiger charge is 2.05. The molecule has 1 nitrogen and oxygen atoms in total. The van der Waals surface area contributed by atoms with Gasteiger partial charge in [0.1, 0.15) is 0 Å². The van der Waals surface area contributed by atoms with Gasteiger partial charge in [-0.25, -0.2) is 0 Å². The highest BCUT2D eigenvalue weighted by atomic mass is 35.5. The van der Waals surface area contributed by atoms with Crippen LogP contribution in [0.2, 0.25) is 5.02 Å². The van der Waals surface area contributed by atoms with E-state index in [-0.39, 0.29) is 6.10 Å². The molecule has 1 N–H and O–H groups in total. The molecule has 1 unspecified atom stereocenters. The number of halogens is 1. The van der Waals surface area contributed by atoms with Gasteiger partial charge in [-0.15, -0.1) is 11.8 Å². The minimum atomic E-state index is -0.236. The molecule has 0 fully saturated rings. The summed E-state index contributed by atoms with van der Waals surface area (Å²) in [7, 11) is 0. The number of rotatable bonds is 7. The van der Waals surface area contributed by atoms with Gasteiger partial charge in [-0.3, -0.25) is 0 Å². The zero-order chi connectivity index (χ0) is 11.8. The molecule has 1 rings (SSSR count). The van der Waals surface area contributed by atoms with Crippen molar-refractivity contribution in [2.24, 2.45) is 0 Å². The van der Waals surface area contributed by atoms with Gasteiger partial charge in [0, 0.05) is 21.4 Å². The lowest BCUT2D eigenvalue weighted by molar-refractivity contribution is 0.225. The molecular weight excluding hydrogens is 260 g/mol. The average molecular weight is 277 g/mol. The normalized spacial score (nSPS) is 12.7. The van der Waals surface area contributed by atoms with Crippen molar-refractivity contribution < 1.29 is 5.11 Å². The van der Waals surface area contributed by atoms with Crippen LogP contribution < -0.4 is 0 Å². The average Bonchev–Trinajstić information content (AvgIpc) is 2.27. The van der Waals surface area contributed by atoms with Crippen LogP contribution in [-0.2, 0) is 0 Å². The van der Waals surface area contributed by atoms with Crippen LogP contribution in [0.4, 0.5) is 0 Å². The molecule has 0 spiro atoms. The molecule has 0 bridgehead atoms. The fourth-order valence-corrected chi connectivity index (χ4v) is 3.30. The third-order valence-electron chi connectivity index (χ3n) is 1.90. The first-order chi connectivity index (χ1) is 7.72. The summed E-state index contributed by atoms with van der Waals surface area (Å²) >= 11 is 9.35. The summed E-state index contributed by atoms with van der Waals surface area (Å²) in [6.45, 7) is 2.15. The van der Waals surface area contributed by atoms with Gasteiger partial charge in [0.25, 0.3) is 0 Å². The van der Waals surface area contributed by atoms with Crippen molar-refractivity contribution in [1.82, 2.24) is 0 Å². The molecule has 1 aromatic rings. The van der Waals surface area contributed by atoms with Gasteiger partial charge < -0.3 is 5.11 Å². The van der Waals surface area contributed by atoms with E-state index in [1.165, 1.54) is 6.42 Å². The molecule has 1 atom stereocenters. The Morgan fingerprint density at radius 3 is 2.88 bits per heavy atom. The van der Waals surface area contributed by atoms with E-state index in [1.54, 1.807) is 11.8 Å². The van der Waals surface area contributed by atoms with E-state index in [2.05, 4.69) is 6.92 Å². The second-order valence-corrected chi connectivity index (χ2v) is 6.18. The van der Waals surface area contributed by atoms with E-state index >= 15 is 0 Å². The number of hydrogen-bond donors (Lipinski definition) is 1. The highest BCUT2D eigenvalue weighted by molar-refractivity contribution is 8.00. The summed E-state index contributed by atoms with van der Waals surface area (Å²) < 4.78 is 0. The van der Waals surface area contributed by atoms with E-state index in [0.717, 1.165) is 27.2 Å². The molecule has 4 heteroatoms. The van der Waals surface area contributed by atoms with Crippen LogP contribution in [0.3, 0.4) is 0 Å². The summed E-state index contributed by atoms with van der Waals surface area (Å²) in [6, 6.07) is 7.74. The largest absolute Gasteiger partial charge is 0.391 e. The smallest absolute Gasteiger partial charge is 0.0724 e. The first kappa shape index (κ1) is 14.2. The number of hydrogen-bond acceptors (Lipinski definition) is 3. The van der Waals surface area contributed by atoms with Crippen LogP contribution in [0.5, 0.6) is 0 Å². The van der Waals surface area contributed by atoms with Crippen LogP contribution >= 0.6 is 35.1 Å². The molecular formula is C12H17ClOS2. The molecule has 0 heterocycles. The van der Waals surface area contributed by atoms with E-state index < -0.39 is 0 Å². The Morgan fingerprint density at radius 1 is 1.38 bits per heavy atom. The summed E-state index contributed by atoms with van der Waals surface area (Å²) in [4.78, 5) is 1.12. The Hall–Kier alpha value is 0.170. The standard InChI is InChI=1S/C12H17ClOS2/c1-2-6-15-8-11(14)9-16-12-5-3-4-10(13)7-12/h3-5,7,11,14H,2,6,8-9H2,1H3. The lowest BCUT2D eigenvalue weighted by atomic mass is 10.4. The first-order valence-corrected chi connectivity index (χ1v) is 7.88. The van der Waals surface area contributed by atoms with Crippen LogP contribution in [0.1, 0.15) is 13.3 Å². The molecule has 0 saturated carbocycles. The summed E-state index contributed by atoms with van der Waals surface area (Å²) in [6.07, 6.45) is 0.930. The Kier molecular flexibility index (Phi) is 7.37. The van der Waals surface area contributed by atoms with Gasteiger partial charge in [0.05, 0.1) is 6.10 Å². The molecule has 0 radical (unpaired) electrons. The summed E-state index contributed by atoms with van der Waals surface area (Å²) in [5.41, 5.74) is 0. The van der Waals surface area contributed by atoms with E-state index in [1.807, 2.05) is 36.0 Å². The minimum absolute atomic E-state index is 0.236. The van der Waals surface area contributed by atoms with Gasteiger partial charge in [-0.1, -0.05) is 24.6 Å². The van der Waals surface area contributed by atoms with Gasteiger partial charge in [0.15, 0.2) is 0 Å². The quantitative estimate of drug-likeness (QED) is 0.602. The molecule has 1 aromatic carbocycles. The van der Waals surface area contributed by atoms with Crippen LogP contribution in [-0.4, -0.2) is 28.5 Å². The van der Waals surface area contributed by atoms with Crippen LogP contribution in [0.25, 0.3) is 0 Å². The highest BCUT2D eigenvalue weighted by Crippen LogP contribution is 2.22. The van der Waals surface area contributed by atoms with E-state index in [0.29, 0.717) is 0 Å². The number of benzene rings is 1. The number of aliphatic hydroxyl groups is 1. The predicted octanol–water partition coefficient (Wildman–Crippen LogP) is 3.94. The maximum atomic E-state index is 9.73. The second kappa shape index (κ2) is 8.29. The van der Waals surface area contributed by atoms with Crippen molar-refractivity contribution in [2.75, 3.05) is 17.3 Å². The monoisotopic (exact) mass is 276 g/mol. The van der Waals surface area contributed by atoms with Crippen molar-refractivity contribution >= 4 is 35.1 Å². The van der Waals surface area contributed by atoms with Crippen molar-refractivity contribution in [2.45, 2.75) is 24.3 Å². The number of thioether (sulfide) groups is 2. The Bertz CT molecular complexity index is 307. The molecule has 0 aliphatic rings. The Balaban J connectivity index is 2.23. The Morgan fingerprint density at radius 2 is 2.19 bits per heavy atom. The van der Waals surface area contributed by atoms with Crippen molar-refractivity contribution in [3.63, 3.8) is 0 Å². The lowest BCUT2D eigenvalue weighted by Crippen LogP contribution is -2.13. The molecule has 16 heavy (non-hydrogen) atoms. The van der Waals surface area contributed by atoms with Gasteiger partial charge in [0.2, 0.25) is 0 Å². The molecule has 90 valence electrons. The van der Waals surface area contributed by atoms with Gasteiger partial charge >= 0.3 is 0 Å². The molecule has 0 aromatic heterocycles. The molecule has 0 saturated heterocycles. The van der Waals surface area contributed by atoms with Crippen molar-refractivity contribution in [1.29, 1.82) is 0 Å². The van der Waals surface area contributed by atoms with Gasteiger partial charge in [-0.2, -0.15) is 11.8 Å². The zero-order valence-electron chi connectivity index (χ0n) is 9.36. The molecule has 0 aliphatic heterocycles. The first-order valence-electron chi connectivity index (χ1n) is 5.36. The third-order valence-corrected chi connectivity index (χ3v) is 4.59. The van der Waals surface area contributed by atoms with Crippen molar-refractivity contribution in [3.8, 4) is 0 Å². The van der Waals surface area contributed by atoms with Gasteiger partial charge in [-0.05, 0) is 30.4 Å². The second-order valence-electron chi connectivity index (χ2n) is 3.50. The lowest BCUT2D eigenvalue weighted by Gasteiger charge is -2.09. The molecule has 0 aliphatic carbocycles. The SMILES string of the molecule is CCCSCC(O)CSc1cccc(Cl)c1. The third kappa shape index (κ3) is 6.04. The summed E-state index contributed by atoms with van der Waals surface area (Å²) in [5, 5.41) is 10.5. The van der Waals surface area contributed by atoms with E-state index in [9.17, 15) is 5.11 Å². The van der Waals surface area contributed by atoms with Crippen LogP contribution in [0, 0.1) is 0 Å². The maximum Gasteiger partial charge on any atom is 0.0724 e. The molecule has 0 amide bonds. The van der Waals surface area contributed by atoms with Crippen LogP contribution in [0.15, 0.2) is 29.2 Å². The minimum Gasteiger partial charge on any atom is -0.391 e. The topological polar surface area (TPSA) is 20.2 Å².